The summed E-state index contributed by atoms with van der Waals surface area (Å²) in [7, 11) is 4.55. The summed E-state index contributed by atoms with van der Waals surface area (Å²) < 4.78 is 10.8. The summed E-state index contributed by atoms with van der Waals surface area (Å²) >= 11 is 14.6. The Balaban J connectivity index is 1.24. The van der Waals surface area contributed by atoms with Crippen molar-refractivity contribution >= 4 is 64.7 Å². The maximum absolute atomic E-state index is 14.4. The third-order valence-corrected chi connectivity index (χ3v) is 12.3. The second kappa shape index (κ2) is 12.0. The summed E-state index contributed by atoms with van der Waals surface area (Å²) in [4.78, 5) is 54.4. The Hall–Kier alpha value is -4.60. The quantitative estimate of drug-likeness (QED) is 0.136. The number of benzene rings is 3. The van der Waals surface area contributed by atoms with E-state index in [-0.39, 0.29) is 30.4 Å². The van der Waals surface area contributed by atoms with Crippen LogP contribution < -0.4 is 14.4 Å². The van der Waals surface area contributed by atoms with Crippen LogP contribution in [0.3, 0.4) is 0 Å². The lowest BCUT2D eigenvalue weighted by molar-refractivity contribution is -0.138. The first-order valence-electron chi connectivity index (χ1n) is 16.3. The van der Waals surface area contributed by atoms with Crippen LogP contribution >= 0.6 is 23.2 Å². The summed E-state index contributed by atoms with van der Waals surface area (Å²) in [5.41, 5.74) is 4.54. The molecule has 6 unspecified atom stereocenters. The van der Waals surface area contributed by atoms with Gasteiger partial charge in [0.1, 0.15) is 17.2 Å². The lowest BCUT2D eigenvalue weighted by atomic mass is 9.56. The number of phenols is 1. The average molecular weight is 716 g/mol. The molecule has 11 heteroatoms. The van der Waals surface area contributed by atoms with Gasteiger partial charge < -0.3 is 14.6 Å². The van der Waals surface area contributed by atoms with Gasteiger partial charge in [-0.3, -0.25) is 29.0 Å². The van der Waals surface area contributed by atoms with Crippen molar-refractivity contribution in [2.45, 2.75) is 42.4 Å². The number of amides is 4. The fraction of sp³-hybridized carbons (Fsp3) is 0.333. The topological polar surface area (TPSA) is 113 Å². The van der Waals surface area contributed by atoms with Crippen LogP contribution in [-0.2, 0) is 19.2 Å². The molecule has 0 radical (unpaired) electrons. The molecule has 3 fully saturated rings. The Labute approximate surface area is 300 Å². The van der Waals surface area contributed by atoms with E-state index in [1.54, 1.807) is 52.3 Å². The van der Waals surface area contributed by atoms with Crippen LogP contribution in [0.25, 0.3) is 12.2 Å². The highest BCUT2D eigenvalue weighted by Crippen LogP contribution is 2.65. The molecule has 0 aromatic heterocycles. The highest BCUT2D eigenvalue weighted by atomic mass is 35.5. The number of anilines is 1. The molecule has 1 N–H and O–H groups in total. The van der Waals surface area contributed by atoms with E-state index in [4.69, 9.17) is 32.7 Å². The SMILES string of the molecule is COc1ccc(OC)c(C=Cc2ccc(N3C(=O)C4CC=C5C(CC6(Cl)C(=O)N(C)C(=O)C6(Cl)C5c5cc(C)c(O)c(C)c5)C4C3=O)cc2)c1. The van der Waals surface area contributed by atoms with Crippen LogP contribution in [0.2, 0.25) is 0 Å². The number of likely N-dealkylation sites (tertiary alicyclic amines) is 1. The molecule has 2 aliphatic heterocycles. The lowest BCUT2D eigenvalue weighted by Crippen LogP contribution is -2.60. The zero-order chi connectivity index (χ0) is 35.9. The smallest absolute Gasteiger partial charge is 0.253 e. The molecule has 7 rings (SSSR count). The molecule has 0 spiro atoms. The monoisotopic (exact) mass is 714 g/mol. The fourth-order valence-electron chi connectivity index (χ4n) is 8.42. The van der Waals surface area contributed by atoms with Crippen LogP contribution in [0.5, 0.6) is 17.2 Å². The van der Waals surface area contributed by atoms with Gasteiger partial charge in [-0.15, -0.1) is 23.2 Å². The average Bonchev–Trinajstić information content (AvgIpc) is 3.44. The predicted molar refractivity (Wildman–Crippen MR) is 190 cm³/mol. The van der Waals surface area contributed by atoms with E-state index < -0.39 is 45.2 Å². The van der Waals surface area contributed by atoms with Crippen molar-refractivity contribution in [1.82, 2.24) is 4.90 Å². The van der Waals surface area contributed by atoms with Gasteiger partial charge in [-0.05, 0) is 85.2 Å². The highest BCUT2D eigenvalue weighted by Gasteiger charge is 2.75. The zero-order valence-corrected chi connectivity index (χ0v) is 29.7. The summed E-state index contributed by atoms with van der Waals surface area (Å²) in [5.74, 6) is -3.49. The van der Waals surface area contributed by atoms with Gasteiger partial charge in [0.15, 0.2) is 9.75 Å². The van der Waals surface area contributed by atoms with Crippen LogP contribution in [0.15, 0.2) is 66.2 Å². The van der Waals surface area contributed by atoms with Crippen molar-refractivity contribution in [1.29, 1.82) is 0 Å². The number of ether oxygens (including phenoxy) is 2. The minimum Gasteiger partial charge on any atom is -0.507 e. The van der Waals surface area contributed by atoms with Crippen LogP contribution in [0, 0.1) is 31.6 Å². The van der Waals surface area contributed by atoms with Crippen LogP contribution in [0.1, 0.15) is 46.6 Å². The van der Waals surface area contributed by atoms with Crippen molar-refractivity contribution in [3.63, 3.8) is 0 Å². The Bertz CT molecular complexity index is 2020. The van der Waals surface area contributed by atoms with Gasteiger partial charge in [-0.25, -0.2) is 0 Å². The number of rotatable bonds is 6. The highest BCUT2D eigenvalue weighted by molar-refractivity contribution is 6.53. The van der Waals surface area contributed by atoms with Gasteiger partial charge in [-0.1, -0.05) is 48.1 Å². The first kappa shape index (κ1) is 33.9. The number of allylic oxidation sites excluding steroid dienone is 2. The maximum Gasteiger partial charge on any atom is 0.253 e. The number of aromatic hydroxyl groups is 1. The number of carbonyl (C=O) groups is 4. The van der Waals surface area contributed by atoms with Gasteiger partial charge in [0, 0.05) is 18.5 Å². The molecule has 6 atom stereocenters. The minimum atomic E-state index is -1.88. The van der Waals surface area contributed by atoms with Gasteiger partial charge in [0.25, 0.3) is 11.8 Å². The Kier molecular flexibility index (Phi) is 8.15. The largest absolute Gasteiger partial charge is 0.507 e. The van der Waals surface area contributed by atoms with Gasteiger partial charge in [-0.2, -0.15) is 0 Å². The summed E-state index contributed by atoms with van der Waals surface area (Å²) in [6.45, 7) is 3.49. The zero-order valence-electron chi connectivity index (χ0n) is 28.2. The number of hydrogen-bond donors (Lipinski definition) is 1. The molecule has 2 heterocycles. The number of halogens is 2. The maximum atomic E-state index is 14.4. The van der Waals surface area contributed by atoms with Crippen LogP contribution in [0.4, 0.5) is 5.69 Å². The van der Waals surface area contributed by atoms with E-state index in [0.717, 1.165) is 16.0 Å². The van der Waals surface area contributed by atoms with Crippen molar-refractivity contribution in [2.24, 2.45) is 17.8 Å². The summed E-state index contributed by atoms with van der Waals surface area (Å²) in [6, 6.07) is 16.1. The van der Waals surface area contributed by atoms with Crippen molar-refractivity contribution in [2.75, 3.05) is 26.2 Å². The van der Waals surface area contributed by atoms with E-state index in [2.05, 4.69) is 0 Å². The van der Waals surface area contributed by atoms with Crippen LogP contribution in [-0.4, -0.2) is 64.7 Å². The number of hydrogen-bond acceptors (Lipinski definition) is 7. The Morgan fingerprint density at radius 1 is 0.860 bits per heavy atom. The molecule has 2 saturated heterocycles. The standard InChI is InChI=1S/C39H36Cl2N2O7/c1-20-16-24(17-21(2)33(20)44)32-27-13-14-28-31(29(27)19-38(40)36(47)42(3)37(48)39(32,38)41)35(46)43(34(28)45)25-10-7-22(8-11-25)6-9-23-18-26(49-4)12-15-30(23)50-5/h6-13,15-18,28-29,31-32,44H,14,19H2,1-5H3. The van der Waals surface area contributed by atoms with Gasteiger partial charge in [0.05, 0.1) is 31.7 Å². The van der Waals surface area contributed by atoms with Crippen molar-refractivity contribution in [3.05, 3.63) is 94.1 Å². The first-order chi connectivity index (χ1) is 23.8. The molecule has 3 aromatic carbocycles. The molecule has 50 heavy (non-hydrogen) atoms. The number of nitrogens with zero attached hydrogens (tertiary/aromatic N) is 2. The molecule has 0 bridgehead atoms. The molecule has 3 aromatic rings. The first-order valence-corrected chi connectivity index (χ1v) is 17.1. The summed E-state index contributed by atoms with van der Waals surface area (Å²) in [5, 5.41) is 10.6. The van der Waals surface area contributed by atoms with Crippen molar-refractivity contribution in [3.8, 4) is 17.2 Å². The molecule has 4 amide bonds. The number of aryl methyl sites for hydroxylation is 2. The molecular formula is C39H36Cl2N2O7. The normalized spacial score (nSPS) is 28.9. The number of alkyl halides is 2. The molecule has 4 aliphatic rings. The van der Waals surface area contributed by atoms with Gasteiger partial charge >= 0.3 is 0 Å². The number of fused-ring (bicyclic) bond motifs is 4. The third kappa shape index (κ3) is 4.73. The molecule has 258 valence electrons. The lowest BCUT2D eigenvalue weighted by Gasteiger charge is -2.51. The Morgan fingerprint density at radius 3 is 2.18 bits per heavy atom. The molecule has 1 saturated carbocycles. The minimum absolute atomic E-state index is 0.0865. The van der Waals surface area contributed by atoms with E-state index in [0.29, 0.717) is 39.4 Å². The van der Waals surface area contributed by atoms with E-state index in [1.807, 2.05) is 48.6 Å². The second-order valence-corrected chi connectivity index (χ2v) is 14.8. The molecule has 2 aliphatic carbocycles. The molecular weight excluding hydrogens is 679 g/mol. The van der Waals surface area contributed by atoms with E-state index in [9.17, 15) is 24.3 Å². The number of imide groups is 2. The fourth-order valence-corrected chi connectivity index (χ4v) is 9.44. The predicted octanol–water partition coefficient (Wildman–Crippen LogP) is 6.39. The van der Waals surface area contributed by atoms with Crippen molar-refractivity contribution < 1.29 is 33.8 Å². The van der Waals surface area contributed by atoms with Gasteiger partial charge in [0.2, 0.25) is 11.8 Å². The number of phenolic OH excluding ortho intramolecular Hbond substituents is 1. The number of methoxy groups -OCH3 is 2. The summed E-state index contributed by atoms with van der Waals surface area (Å²) in [6.07, 6.45) is 5.87. The number of carbonyl (C=O) groups excluding carboxylic acids is 4. The van der Waals surface area contributed by atoms with E-state index in [1.165, 1.54) is 11.9 Å². The molecule has 9 nitrogen and oxygen atoms in total. The van der Waals surface area contributed by atoms with E-state index >= 15 is 0 Å². The Morgan fingerprint density at radius 2 is 1.54 bits per heavy atom. The second-order valence-electron chi connectivity index (χ2n) is 13.5. The third-order valence-electron chi connectivity index (χ3n) is 10.9.